The van der Waals surface area contributed by atoms with Gasteiger partial charge in [-0.1, -0.05) is 30.3 Å². The zero-order chi connectivity index (χ0) is 23.4. The van der Waals surface area contributed by atoms with Gasteiger partial charge in [0.1, 0.15) is 11.8 Å². The lowest BCUT2D eigenvalue weighted by Crippen LogP contribution is -2.41. The molecule has 0 bridgehead atoms. The molecule has 9 nitrogen and oxygen atoms in total. The summed E-state index contributed by atoms with van der Waals surface area (Å²) >= 11 is 0. The van der Waals surface area contributed by atoms with E-state index in [1.54, 1.807) is 6.07 Å². The Morgan fingerprint density at radius 1 is 1.12 bits per heavy atom. The Morgan fingerprint density at radius 2 is 1.85 bits per heavy atom. The Bertz CT molecular complexity index is 1070. The minimum atomic E-state index is -3.71. The summed E-state index contributed by atoms with van der Waals surface area (Å²) in [4.78, 5) is 13.2. The number of carbonyl (C=O) groups excluding carboxylic acids is 1. The molecule has 4 rings (SSSR count). The number of carbonyl (C=O) groups is 1. The first-order valence-corrected chi connectivity index (χ1v) is 12.5. The highest BCUT2D eigenvalue weighted by Gasteiger charge is 2.31. The van der Waals surface area contributed by atoms with E-state index >= 15 is 0 Å². The minimum Gasteiger partial charge on any atom is -0.489 e. The fourth-order valence-electron chi connectivity index (χ4n) is 3.91. The van der Waals surface area contributed by atoms with E-state index in [0.717, 1.165) is 5.56 Å². The second kappa shape index (κ2) is 10.2. The predicted molar refractivity (Wildman–Crippen MR) is 124 cm³/mol. The Hall–Kier alpha value is -2.50. The van der Waals surface area contributed by atoms with E-state index in [-0.39, 0.29) is 22.9 Å². The fraction of sp³-hybridized carbons (Fsp3) is 0.435. The number of benzene rings is 2. The van der Waals surface area contributed by atoms with Crippen LogP contribution in [0.25, 0.3) is 0 Å². The van der Waals surface area contributed by atoms with Gasteiger partial charge in [0.2, 0.25) is 15.9 Å². The third-order valence-electron chi connectivity index (χ3n) is 5.60. The quantitative estimate of drug-likeness (QED) is 0.563. The van der Waals surface area contributed by atoms with Gasteiger partial charge in [-0.15, -0.1) is 0 Å². The lowest BCUT2D eigenvalue weighted by Gasteiger charge is -2.26. The van der Waals surface area contributed by atoms with Gasteiger partial charge < -0.3 is 14.8 Å². The molecule has 10 heteroatoms. The van der Waals surface area contributed by atoms with Crippen LogP contribution in [0.5, 0.6) is 5.75 Å². The molecule has 3 N–H and O–H groups in total. The van der Waals surface area contributed by atoms with Crippen LogP contribution in [0.1, 0.15) is 31.9 Å². The van der Waals surface area contributed by atoms with Crippen molar-refractivity contribution in [1.29, 1.82) is 0 Å². The normalized spacial score (nSPS) is 21.8. The number of sulfonamides is 1. The van der Waals surface area contributed by atoms with Crippen molar-refractivity contribution in [2.75, 3.05) is 31.6 Å². The largest absolute Gasteiger partial charge is 0.489 e. The van der Waals surface area contributed by atoms with Crippen LogP contribution >= 0.6 is 0 Å². The van der Waals surface area contributed by atoms with E-state index < -0.39 is 16.1 Å². The van der Waals surface area contributed by atoms with Crippen LogP contribution in [0.4, 0.5) is 5.69 Å². The molecule has 2 aliphatic rings. The maximum absolute atomic E-state index is 13.1. The van der Waals surface area contributed by atoms with E-state index in [0.29, 0.717) is 44.2 Å². The number of hydrogen-bond donors (Lipinski definition) is 3. The molecule has 0 saturated carbocycles. The molecule has 33 heavy (non-hydrogen) atoms. The number of morpholine rings is 1. The van der Waals surface area contributed by atoms with Crippen molar-refractivity contribution in [2.45, 2.75) is 43.4 Å². The molecule has 2 atom stereocenters. The van der Waals surface area contributed by atoms with Crippen LogP contribution in [0.2, 0.25) is 0 Å². The number of rotatable bonds is 7. The smallest absolute Gasteiger partial charge is 0.243 e. The minimum absolute atomic E-state index is 0.00127. The molecule has 2 aromatic carbocycles. The van der Waals surface area contributed by atoms with Gasteiger partial charge in [-0.3, -0.25) is 4.79 Å². The molecular formula is C23H30N4O5S. The van der Waals surface area contributed by atoms with Gasteiger partial charge in [0.05, 0.1) is 29.9 Å². The molecule has 0 spiro atoms. The second-order valence-electron chi connectivity index (χ2n) is 8.37. The van der Waals surface area contributed by atoms with Crippen LogP contribution in [-0.4, -0.2) is 57.1 Å². The summed E-state index contributed by atoms with van der Waals surface area (Å²) in [5.41, 5.74) is 7.61. The van der Waals surface area contributed by atoms with Gasteiger partial charge in [0, 0.05) is 19.1 Å². The summed E-state index contributed by atoms with van der Waals surface area (Å²) in [6.07, 6.45) is 0.415. The zero-order valence-corrected chi connectivity index (χ0v) is 19.6. The number of hydrazine groups is 1. The maximum atomic E-state index is 13.1. The fourth-order valence-corrected chi connectivity index (χ4v) is 5.35. The first-order chi connectivity index (χ1) is 15.8. The van der Waals surface area contributed by atoms with Gasteiger partial charge in [0.25, 0.3) is 0 Å². The molecule has 178 valence electrons. The van der Waals surface area contributed by atoms with Crippen LogP contribution in [0, 0.1) is 0 Å². The number of ether oxygens (including phenoxy) is 2. The summed E-state index contributed by atoms with van der Waals surface area (Å²) in [6.45, 7) is 5.06. The highest BCUT2D eigenvalue weighted by molar-refractivity contribution is 7.89. The van der Waals surface area contributed by atoms with Gasteiger partial charge in [0.15, 0.2) is 0 Å². The number of nitrogens with zero attached hydrogens (tertiary/aromatic N) is 1. The number of nitrogens with one attached hydrogen (secondary N) is 3. The summed E-state index contributed by atoms with van der Waals surface area (Å²) in [7, 11) is -3.71. The Balaban J connectivity index is 1.53. The molecule has 2 unspecified atom stereocenters. The first-order valence-electron chi connectivity index (χ1n) is 11.1. The zero-order valence-electron chi connectivity index (χ0n) is 18.8. The average Bonchev–Trinajstić information content (AvgIpc) is 3.31. The number of hydrogen-bond acceptors (Lipinski definition) is 7. The van der Waals surface area contributed by atoms with Crippen LogP contribution in [0.3, 0.4) is 0 Å². The third kappa shape index (κ3) is 5.53. The Morgan fingerprint density at radius 3 is 2.55 bits per heavy atom. The maximum Gasteiger partial charge on any atom is 0.243 e. The predicted octanol–water partition coefficient (Wildman–Crippen LogP) is 2.04. The van der Waals surface area contributed by atoms with Crippen molar-refractivity contribution >= 4 is 21.6 Å². The molecule has 2 heterocycles. The highest BCUT2D eigenvalue weighted by atomic mass is 32.2. The highest BCUT2D eigenvalue weighted by Crippen LogP contribution is 2.31. The monoisotopic (exact) mass is 474 g/mol. The van der Waals surface area contributed by atoms with Crippen LogP contribution < -0.4 is 20.9 Å². The van der Waals surface area contributed by atoms with Crippen LogP contribution in [-0.2, 0) is 19.6 Å². The molecule has 1 amide bonds. The summed E-state index contributed by atoms with van der Waals surface area (Å²) in [6, 6.07) is 14.0. The summed E-state index contributed by atoms with van der Waals surface area (Å²) < 4.78 is 38.7. The first kappa shape index (κ1) is 23.7. The van der Waals surface area contributed by atoms with Gasteiger partial charge >= 0.3 is 0 Å². The topological polar surface area (TPSA) is 109 Å². The van der Waals surface area contributed by atoms with Crippen molar-refractivity contribution < 1.29 is 22.7 Å². The second-order valence-corrected chi connectivity index (χ2v) is 10.3. The number of amides is 1. The molecule has 0 aromatic heterocycles. The standard InChI is InChI=1S/C23H30N4O5S/c1-16(2)32-22-9-8-18(33(29,30)27-10-12-31-13-11-27)14-20(22)24-23(28)21-15-19(25-26-21)17-6-4-3-5-7-17/h3-9,14,16,19,21,25-26H,10-13,15H2,1-2H3,(H,24,28). The van der Waals surface area contributed by atoms with E-state index in [2.05, 4.69) is 16.2 Å². The number of anilines is 1. The Labute approximate surface area is 194 Å². The van der Waals surface area contributed by atoms with Crippen molar-refractivity contribution in [2.24, 2.45) is 0 Å². The van der Waals surface area contributed by atoms with Crippen LogP contribution in [0.15, 0.2) is 53.4 Å². The van der Waals surface area contributed by atoms with Gasteiger partial charge in [-0.05, 0) is 44.0 Å². The average molecular weight is 475 g/mol. The van der Waals surface area contributed by atoms with Gasteiger partial charge in [-0.25, -0.2) is 19.3 Å². The summed E-state index contributed by atoms with van der Waals surface area (Å²) in [5, 5.41) is 2.87. The lowest BCUT2D eigenvalue weighted by molar-refractivity contribution is -0.117. The van der Waals surface area contributed by atoms with E-state index in [9.17, 15) is 13.2 Å². The van der Waals surface area contributed by atoms with E-state index in [1.165, 1.54) is 16.4 Å². The van der Waals surface area contributed by atoms with Crippen molar-refractivity contribution in [3.63, 3.8) is 0 Å². The SMILES string of the molecule is CC(C)Oc1ccc(S(=O)(=O)N2CCOCC2)cc1NC(=O)C1CC(c2ccccc2)NN1. The Kier molecular flexibility index (Phi) is 7.30. The third-order valence-corrected chi connectivity index (χ3v) is 7.50. The van der Waals surface area contributed by atoms with Crippen molar-refractivity contribution in [3.05, 3.63) is 54.1 Å². The van der Waals surface area contributed by atoms with E-state index in [1.807, 2.05) is 44.2 Å². The molecule has 2 aliphatic heterocycles. The molecule has 2 aromatic rings. The molecule has 0 radical (unpaired) electrons. The summed E-state index contributed by atoms with van der Waals surface area (Å²) in [5.74, 6) is 0.153. The lowest BCUT2D eigenvalue weighted by atomic mass is 10.0. The molecular weight excluding hydrogens is 444 g/mol. The van der Waals surface area contributed by atoms with Crippen molar-refractivity contribution in [1.82, 2.24) is 15.2 Å². The molecule has 2 fully saturated rings. The molecule has 2 saturated heterocycles. The molecule has 0 aliphatic carbocycles. The van der Waals surface area contributed by atoms with Crippen molar-refractivity contribution in [3.8, 4) is 5.75 Å². The van der Waals surface area contributed by atoms with E-state index in [4.69, 9.17) is 9.47 Å². The van der Waals surface area contributed by atoms with Gasteiger partial charge in [-0.2, -0.15) is 4.31 Å².